The standard InChI is InChI=1S/C19H16FN5O/c1-2-18-16(11-22-25(18)15-6-3-13(20)4-7-15)19(26)23-14-5-8-17-12(9-14)10-21-24-17/h3-11H,2H2,1H3,(H,21,24)(H,23,26). The molecule has 0 unspecified atom stereocenters. The number of benzene rings is 2. The second-order valence-electron chi connectivity index (χ2n) is 5.87. The topological polar surface area (TPSA) is 75.6 Å². The van der Waals surface area contributed by atoms with Crippen LogP contribution in [0.2, 0.25) is 0 Å². The number of amides is 1. The van der Waals surface area contributed by atoms with E-state index in [2.05, 4.69) is 20.6 Å². The van der Waals surface area contributed by atoms with Gasteiger partial charge in [0.1, 0.15) is 5.82 Å². The highest BCUT2D eigenvalue weighted by Crippen LogP contribution is 2.20. The summed E-state index contributed by atoms with van der Waals surface area (Å²) in [5, 5.41) is 15.0. The van der Waals surface area contributed by atoms with Gasteiger partial charge in [0.25, 0.3) is 5.91 Å². The second kappa shape index (κ2) is 6.44. The van der Waals surface area contributed by atoms with E-state index >= 15 is 0 Å². The number of carbonyl (C=O) groups is 1. The number of aromatic amines is 1. The summed E-state index contributed by atoms with van der Waals surface area (Å²) >= 11 is 0. The maximum absolute atomic E-state index is 13.1. The highest BCUT2D eigenvalue weighted by Gasteiger charge is 2.17. The molecule has 0 aliphatic rings. The summed E-state index contributed by atoms with van der Waals surface area (Å²) in [5.74, 6) is -0.551. The van der Waals surface area contributed by atoms with Crippen molar-refractivity contribution in [2.75, 3.05) is 5.32 Å². The molecule has 26 heavy (non-hydrogen) atoms. The molecule has 2 heterocycles. The van der Waals surface area contributed by atoms with Crippen LogP contribution in [-0.4, -0.2) is 25.9 Å². The fourth-order valence-electron chi connectivity index (χ4n) is 2.93. The minimum absolute atomic E-state index is 0.238. The lowest BCUT2D eigenvalue weighted by Crippen LogP contribution is -2.14. The van der Waals surface area contributed by atoms with Crippen LogP contribution >= 0.6 is 0 Å². The zero-order valence-electron chi connectivity index (χ0n) is 14.0. The zero-order chi connectivity index (χ0) is 18.1. The molecular formula is C19H16FN5O. The quantitative estimate of drug-likeness (QED) is 0.590. The van der Waals surface area contributed by atoms with Gasteiger partial charge in [0, 0.05) is 11.1 Å². The van der Waals surface area contributed by atoms with Gasteiger partial charge in [0.05, 0.1) is 34.9 Å². The van der Waals surface area contributed by atoms with Gasteiger partial charge in [0.2, 0.25) is 0 Å². The third-order valence-corrected chi connectivity index (χ3v) is 4.22. The number of aromatic nitrogens is 4. The average molecular weight is 349 g/mol. The normalized spacial score (nSPS) is 11.0. The number of anilines is 1. The lowest BCUT2D eigenvalue weighted by molar-refractivity contribution is 0.102. The first-order chi connectivity index (χ1) is 12.7. The van der Waals surface area contributed by atoms with Crippen molar-refractivity contribution >= 4 is 22.5 Å². The number of nitrogens with one attached hydrogen (secondary N) is 2. The van der Waals surface area contributed by atoms with Gasteiger partial charge in [-0.05, 0) is 48.9 Å². The van der Waals surface area contributed by atoms with E-state index in [4.69, 9.17) is 0 Å². The van der Waals surface area contributed by atoms with Crippen LogP contribution in [0, 0.1) is 5.82 Å². The molecule has 0 aliphatic carbocycles. The van der Waals surface area contributed by atoms with Crippen molar-refractivity contribution in [3.63, 3.8) is 0 Å². The summed E-state index contributed by atoms with van der Waals surface area (Å²) in [4.78, 5) is 12.7. The lowest BCUT2D eigenvalue weighted by Gasteiger charge is -2.09. The Bertz CT molecular complexity index is 1080. The molecule has 4 rings (SSSR count). The fraction of sp³-hybridized carbons (Fsp3) is 0.105. The van der Waals surface area contributed by atoms with Gasteiger partial charge in [-0.2, -0.15) is 10.2 Å². The number of hydrogen-bond acceptors (Lipinski definition) is 3. The lowest BCUT2D eigenvalue weighted by atomic mass is 10.1. The SMILES string of the molecule is CCc1c(C(=O)Nc2ccc3[nH]ncc3c2)cnn1-c1ccc(F)cc1. The summed E-state index contributed by atoms with van der Waals surface area (Å²) in [5.41, 5.74) is 3.55. The number of fused-ring (bicyclic) bond motifs is 1. The van der Waals surface area contributed by atoms with Gasteiger partial charge >= 0.3 is 0 Å². The summed E-state index contributed by atoms with van der Waals surface area (Å²) in [6.45, 7) is 1.95. The van der Waals surface area contributed by atoms with Crippen LogP contribution in [0.5, 0.6) is 0 Å². The van der Waals surface area contributed by atoms with Crippen LogP contribution in [-0.2, 0) is 6.42 Å². The van der Waals surface area contributed by atoms with Crippen LogP contribution in [0.4, 0.5) is 10.1 Å². The smallest absolute Gasteiger partial charge is 0.259 e. The van der Waals surface area contributed by atoms with Gasteiger partial charge < -0.3 is 5.32 Å². The van der Waals surface area contributed by atoms with Crippen molar-refractivity contribution in [3.8, 4) is 5.69 Å². The van der Waals surface area contributed by atoms with Crippen molar-refractivity contribution in [1.29, 1.82) is 0 Å². The van der Waals surface area contributed by atoms with Crippen molar-refractivity contribution in [2.24, 2.45) is 0 Å². The molecule has 2 N–H and O–H groups in total. The van der Waals surface area contributed by atoms with E-state index in [-0.39, 0.29) is 11.7 Å². The summed E-state index contributed by atoms with van der Waals surface area (Å²) in [6, 6.07) is 11.5. The Hall–Kier alpha value is -3.48. The monoisotopic (exact) mass is 349 g/mol. The zero-order valence-corrected chi connectivity index (χ0v) is 14.0. The first-order valence-electron chi connectivity index (χ1n) is 8.23. The number of hydrogen-bond donors (Lipinski definition) is 2. The summed E-state index contributed by atoms with van der Waals surface area (Å²) in [6.07, 6.45) is 3.85. The molecule has 2 aromatic heterocycles. The predicted octanol–water partition coefficient (Wildman–Crippen LogP) is 3.70. The van der Waals surface area contributed by atoms with Crippen molar-refractivity contribution in [2.45, 2.75) is 13.3 Å². The van der Waals surface area contributed by atoms with Crippen LogP contribution in [0.25, 0.3) is 16.6 Å². The molecule has 0 saturated carbocycles. The fourth-order valence-corrected chi connectivity index (χ4v) is 2.93. The van der Waals surface area contributed by atoms with Crippen LogP contribution < -0.4 is 5.32 Å². The Labute approximate surface area is 148 Å². The van der Waals surface area contributed by atoms with E-state index < -0.39 is 0 Å². The Kier molecular flexibility index (Phi) is 3.96. The molecule has 0 aliphatic heterocycles. The molecule has 0 radical (unpaired) electrons. The molecule has 0 spiro atoms. The first-order valence-corrected chi connectivity index (χ1v) is 8.23. The predicted molar refractivity (Wildman–Crippen MR) is 96.9 cm³/mol. The van der Waals surface area contributed by atoms with Crippen molar-refractivity contribution in [1.82, 2.24) is 20.0 Å². The Balaban J connectivity index is 1.64. The molecule has 0 saturated heterocycles. The van der Waals surface area contributed by atoms with E-state index in [0.717, 1.165) is 16.6 Å². The highest BCUT2D eigenvalue weighted by molar-refractivity contribution is 6.05. The molecule has 130 valence electrons. The van der Waals surface area contributed by atoms with Gasteiger partial charge in [-0.25, -0.2) is 9.07 Å². The maximum atomic E-state index is 13.1. The number of nitrogens with zero attached hydrogens (tertiary/aromatic N) is 3. The Morgan fingerprint density at radius 3 is 2.77 bits per heavy atom. The number of halogens is 1. The second-order valence-corrected chi connectivity index (χ2v) is 5.87. The van der Waals surface area contributed by atoms with Crippen LogP contribution in [0.1, 0.15) is 23.0 Å². The van der Waals surface area contributed by atoms with Gasteiger partial charge in [0.15, 0.2) is 0 Å². The first kappa shape index (κ1) is 16.0. The molecular weight excluding hydrogens is 333 g/mol. The van der Waals surface area contributed by atoms with Gasteiger partial charge in [-0.1, -0.05) is 6.92 Å². The van der Waals surface area contributed by atoms with Crippen LogP contribution in [0.3, 0.4) is 0 Å². The molecule has 4 aromatic rings. The minimum Gasteiger partial charge on any atom is -0.322 e. The molecule has 0 atom stereocenters. The third-order valence-electron chi connectivity index (χ3n) is 4.22. The molecule has 6 nitrogen and oxygen atoms in total. The molecule has 1 amide bonds. The van der Waals surface area contributed by atoms with Crippen molar-refractivity contribution < 1.29 is 9.18 Å². The molecule has 2 aromatic carbocycles. The summed E-state index contributed by atoms with van der Waals surface area (Å²) in [7, 11) is 0. The van der Waals surface area contributed by atoms with E-state index in [9.17, 15) is 9.18 Å². The number of carbonyl (C=O) groups excluding carboxylic acids is 1. The Morgan fingerprint density at radius 2 is 2.00 bits per heavy atom. The van der Waals surface area contributed by atoms with Crippen molar-refractivity contribution in [3.05, 3.63) is 71.9 Å². The minimum atomic E-state index is -0.313. The van der Waals surface area contributed by atoms with Gasteiger partial charge in [-0.3, -0.25) is 9.89 Å². The average Bonchev–Trinajstić information content (AvgIpc) is 3.28. The number of rotatable bonds is 4. The van der Waals surface area contributed by atoms with E-state index in [0.29, 0.717) is 23.4 Å². The number of H-pyrrole nitrogens is 1. The maximum Gasteiger partial charge on any atom is 0.259 e. The van der Waals surface area contributed by atoms with Gasteiger partial charge in [-0.15, -0.1) is 0 Å². The highest BCUT2D eigenvalue weighted by atomic mass is 19.1. The largest absolute Gasteiger partial charge is 0.322 e. The summed E-state index contributed by atoms with van der Waals surface area (Å²) < 4.78 is 14.8. The van der Waals surface area contributed by atoms with Crippen LogP contribution in [0.15, 0.2) is 54.9 Å². The molecule has 0 bridgehead atoms. The Morgan fingerprint density at radius 1 is 1.19 bits per heavy atom. The van der Waals surface area contributed by atoms with E-state index in [1.165, 1.54) is 18.3 Å². The van der Waals surface area contributed by atoms with E-state index in [1.54, 1.807) is 23.0 Å². The third kappa shape index (κ3) is 2.83. The molecule has 7 heteroatoms. The molecule has 0 fully saturated rings. The van der Waals surface area contributed by atoms with E-state index in [1.807, 2.05) is 25.1 Å².